The number of hydrogen-bond donors (Lipinski definition) is 6. The molecule has 24 nitrogen and oxygen atoms in total. The Morgan fingerprint density at radius 1 is 0.656 bits per heavy atom. The number of likely N-dealkylation sites (tertiary alicyclic amines) is 2. The Kier molecular flexibility index (Phi) is 22.6. The Balaban J connectivity index is 0.000000207. The van der Waals surface area contributed by atoms with Gasteiger partial charge in [0.2, 0.25) is 23.6 Å². The third-order valence-electron chi connectivity index (χ3n) is 19.2. The molecule has 0 unspecified atom stereocenters. The van der Waals surface area contributed by atoms with Crippen LogP contribution in [0.3, 0.4) is 0 Å². The summed E-state index contributed by atoms with van der Waals surface area (Å²) < 4.78 is 22.6. The Morgan fingerprint density at radius 2 is 1.15 bits per heavy atom. The van der Waals surface area contributed by atoms with Gasteiger partial charge in [0, 0.05) is 74.0 Å². The smallest absolute Gasteiger partial charge is 0.408 e. The maximum absolute atomic E-state index is 14.4. The number of aryl methyl sites for hydroxylation is 1. The molecule has 4 aromatic rings. The summed E-state index contributed by atoms with van der Waals surface area (Å²) in [6.45, 7) is 26.1. The van der Waals surface area contributed by atoms with Crippen molar-refractivity contribution in [1.29, 1.82) is 0 Å². The van der Waals surface area contributed by atoms with Crippen molar-refractivity contribution in [3.8, 4) is 11.5 Å². The first-order chi connectivity index (χ1) is 45.1. The number of aliphatic hydroxyl groups is 1. The number of pyridine rings is 2. The maximum atomic E-state index is 14.4. The fraction of sp³-hybridized carbons (Fsp3) is 0.556. The van der Waals surface area contributed by atoms with Crippen molar-refractivity contribution in [2.45, 2.75) is 213 Å². The lowest BCUT2D eigenvalue weighted by atomic mass is 9.85. The number of ether oxygens (including phenoxy) is 4. The Bertz CT molecular complexity index is 3760. The van der Waals surface area contributed by atoms with E-state index in [2.05, 4.69) is 44.4 Å². The van der Waals surface area contributed by atoms with Gasteiger partial charge in [-0.2, -0.15) is 0 Å². The summed E-state index contributed by atoms with van der Waals surface area (Å²) in [7, 11) is 1.55. The van der Waals surface area contributed by atoms with Crippen molar-refractivity contribution in [2.24, 2.45) is 22.7 Å². The van der Waals surface area contributed by atoms with Gasteiger partial charge in [0.25, 0.3) is 0 Å². The number of benzene rings is 2. The first kappa shape index (κ1) is 73.0. The van der Waals surface area contributed by atoms with Crippen molar-refractivity contribution in [3.63, 3.8) is 0 Å². The highest BCUT2D eigenvalue weighted by atomic mass is 16.6. The van der Waals surface area contributed by atoms with Gasteiger partial charge in [0.05, 0.1) is 36.5 Å². The molecule has 6 N–H and O–H groups in total. The molecule has 4 aliphatic carbocycles. The molecule has 0 radical (unpaired) electrons. The third-order valence-corrected chi connectivity index (χ3v) is 19.2. The van der Waals surface area contributed by atoms with E-state index in [1.54, 1.807) is 43.5 Å². The SMILES string of the molecule is C=C[C@@H]1C[C@]1(NC(=O)[C@@H]1C[C@@H](Oc2cc(C(C)=O)nc3cc(C)ccc23)CN1C(=O)[C@@H](NC(=O)OC1CCCC1)C(C)(C)C)C(C)=O.C=C[C@@H]1C[C@]1(NC(=O)[C@@H]1C[C@H](O)CN1C(=O)[C@@H](NC(=O)OC1CCCC1)C(C)(C)C)C(C)=O.COc1ccc2c(=O)cc(C(C)=O)[nH]c2c1. The minimum atomic E-state index is -1.06. The molecular formula is C72H94N8O16. The average Bonchev–Trinajstić information content (AvgIpc) is 1.59. The summed E-state index contributed by atoms with van der Waals surface area (Å²) in [5.41, 5.74) is -0.887. The van der Waals surface area contributed by atoms with Gasteiger partial charge in [0.1, 0.15) is 70.8 Å². The van der Waals surface area contributed by atoms with E-state index >= 15 is 0 Å². The fourth-order valence-corrected chi connectivity index (χ4v) is 13.3. The number of carbonyl (C=O) groups is 10. The zero-order chi connectivity index (χ0) is 70.5. The fourth-order valence-electron chi connectivity index (χ4n) is 13.3. The molecule has 6 fully saturated rings. The van der Waals surface area contributed by atoms with Crippen LogP contribution in [0.1, 0.15) is 173 Å². The van der Waals surface area contributed by atoms with E-state index in [4.69, 9.17) is 18.9 Å². The average molecular weight is 1330 g/mol. The molecule has 2 aromatic heterocycles. The van der Waals surface area contributed by atoms with Crippen LogP contribution in [0.4, 0.5) is 9.59 Å². The van der Waals surface area contributed by atoms with Crippen molar-refractivity contribution in [1.82, 2.24) is 41.0 Å². The van der Waals surface area contributed by atoms with Gasteiger partial charge in [-0.15, -0.1) is 13.2 Å². The maximum Gasteiger partial charge on any atom is 0.408 e. The first-order valence-corrected chi connectivity index (χ1v) is 33.1. The van der Waals surface area contributed by atoms with Crippen LogP contribution in [0.2, 0.25) is 0 Å². The normalized spacial score (nSPS) is 24.3. The number of aromatic nitrogens is 2. The quantitative estimate of drug-likeness (QED) is 0.0380. The number of nitrogens with one attached hydrogen (secondary N) is 5. The topological polar surface area (TPSA) is 328 Å². The molecule has 24 heteroatoms. The first-order valence-electron chi connectivity index (χ1n) is 33.1. The van der Waals surface area contributed by atoms with E-state index in [0.717, 1.165) is 56.9 Å². The van der Waals surface area contributed by atoms with E-state index in [9.17, 15) is 57.8 Å². The van der Waals surface area contributed by atoms with Gasteiger partial charge in [-0.1, -0.05) is 59.8 Å². The number of β-amino-alcohol motifs (C(OH)–C–C–N with tert-alkyl or cyclic N) is 1. The highest BCUT2D eigenvalue weighted by Gasteiger charge is 2.60. The van der Waals surface area contributed by atoms with E-state index in [0.29, 0.717) is 51.8 Å². The third kappa shape index (κ3) is 16.9. The molecule has 518 valence electrons. The van der Waals surface area contributed by atoms with Gasteiger partial charge >= 0.3 is 12.2 Å². The number of Topliss-reactive ketones (excluding diaryl/α,β-unsaturated/α-hetero) is 4. The number of aliphatic hydroxyl groups excluding tert-OH is 1. The number of methoxy groups -OCH3 is 1. The molecule has 6 amide bonds. The van der Waals surface area contributed by atoms with Crippen LogP contribution in [0.5, 0.6) is 11.5 Å². The van der Waals surface area contributed by atoms with Gasteiger partial charge in [-0.3, -0.25) is 43.2 Å². The molecule has 2 aromatic carbocycles. The van der Waals surface area contributed by atoms with Crippen molar-refractivity contribution in [2.75, 3.05) is 20.2 Å². The second kappa shape index (κ2) is 29.7. The Morgan fingerprint density at radius 3 is 1.59 bits per heavy atom. The number of carbonyl (C=O) groups excluding carboxylic acids is 10. The Labute approximate surface area is 559 Å². The summed E-state index contributed by atoms with van der Waals surface area (Å²) in [5.74, 6) is -1.92. The van der Waals surface area contributed by atoms with Crippen LogP contribution in [0, 0.1) is 29.6 Å². The molecule has 10 rings (SSSR count). The van der Waals surface area contributed by atoms with Gasteiger partial charge < -0.3 is 60.1 Å². The minimum Gasteiger partial charge on any atom is -0.497 e. The highest BCUT2D eigenvalue weighted by Crippen LogP contribution is 2.47. The number of rotatable bonds is 19. The summed E-state index contributed by atoms with van der Waals surface area (Å²) in [4.78, 5) is 151. The lowest BCUT2D eigenvalue weighted by Crippen LogP contribution is -2.59. The molecule has 2 aliphatic heterocycles. The number of H-pyrrole nitrogens is 1. The second-order valence-corrected chi connectivity index (χ2v) is 28.6. The van der Waals surface area contributed by atoms with E-state index in [-0.39, 0.29) is 84.2 Å². The molecule has 4 saturated carbocycles. The van der Waals surface area contributed by atoms with Crippen LogP contribution in [-0.2, 0) is 38.2 Å². The number of amides is 6. The van der Waals surface area contributed by atoms with E-state index in [1.807, 2.05) is 66.7 Å². The molecule has 6 aliphatic rings. The summed E-state index contributed by atoms with van der Waals surface area (Å²) in [6.07, 6.45) is 8.40. The van der Waals surface area contributed by atoms with Crippen molar-refractivity contribution in [3.05, 3.63) is 101 Å². The van der Waals surface area contributed by atoms with Crippen LogP contribution >= 0.6 is 0 Å². The lowest BCUT2D eigenvalue weighted by Gasteiger charge is -2.35. The zero-order valence-corrected chi connectivity index (χ0v) is 57.3. The number of alkyl carbamates (subject to hydrolysis) is 2. The minimum absolute atomic E-state index is 0.0270. The van der Waals surface area contributed by atoms with Gasteiger partial charge in [-0.05, 0) is 126 Å². The molecular weight excluding hydrogens is 1230 g/mol. The molecule has 0 spiro atoms. The van der Waals surface area contributed by atoms with Crippen LogP contribution in [-0.4, -0.2) is 164 Å². The molecule has 10 atom stereocenters. The number of nitrogens with zero attached hydrogens (tertiary/aromatic N) is 3. The van der Waals surface area contributed by atoms with Crippen LogP contribution in [0.15, 0.2) is 78.6 Å². The van der Waals surface area contributed by atoms with E-state index in [1.165, 1.54) is 43.6 Å². The number of aromatic amines is 1. The molecule has 2 saturated heterocycles. The molecule has 0 bridgehead atoms. The van der Waals surface area contributed by atoms with Crippen LogP contribution in [0.25, 0.3) is 21.8 Å². The largest absolute Gasteiger partial charge is 0.497 e. The highest BCUT2D eigenvalue weighted by molar-refractivity contribution is 6.01. The van der Waals surface area contributed by atoms with Crippen molar-refractivity contribution >= 4 is 80.8 Å². The van der Waals surface area contributed by atoms with Crippen molar-refractivity contribution < 1.29 is 72.0 Å². The van der Waals surface area contributed by atoms with Crippen LogP contribution < -0.4 is 36.2 Å². The Hall–Kier alpha value is -8.80. The second-order valence-electron chi connectivity index (χ2n) is 28.6. The van der Waals surface area contributed by atoms with E-state index < -0.39 is 94.1 Å². The number of fused-ring (bicyclic) bond motifs is 2. The number of hydrogen-bond acceptors (Lipinski definition) is 17. The number of ketones is 4. The van der Waals surface area contributed by atoms with Gasteiger partial charge in [-0.25, -0.2) is 14.6 Å². The predicted octanol–water partition coefficient (Wildman–Crippen LogP) is 8.25. The zero-order valence-electron chi connectivity index (χ0n) is 57.3. The summed E-state index contributed by atoms with van der Waals surface area (Å²) in [5, 5.41) is 22.7. The predicted molar refractivity (Wildman–Crippen MR) is 358 cm³/mol. The van der Waals surface area contributed by atoms with Gasteiger partial charge in [0.15, 0.2) is 28.6 Å². The summed E-state index contributed by atoms with van der Waals surface area (Å²) >= 11 is 0. The monoisotopic (exact) mass is 1330 g/mol. The standard InChI is InChI=1S/C36H46N4O7.C24H37N3O6.C12H11NO3/c1-8-23-18-36(23,22(4)42)39-32(43)29-16-25(46-30-17-27(21(3)41)37-28-15-20(2)13-14-26(28)30)19-40(29)33(44)31(35(5,6)7)38-34(45)47-24-11-9-10-12-24;1-6-15-12-24(15,14(2)28)26-20(30)18-11-16(29)13-27(18)21(31)19(23(3,4)5)25-22(32)33-17-9-7-8-10-17;1-7(14)10-6-12(15)9-4-3-8(16-2)5-11(9)13-10/h8,13-15,17,23-25,29,31H,1,9-12,16,18-19H2,2-7H3,(H,38,45)(H,39,43);6,15-19,29H,1,7-13H2,2-5H3,(H,25,32)(H,26,30);3-6H,1-2H3,(H,13,15)/t23-,25-,29+,31-,36+;15-,16+,18+,19-,24+;/m11./s1. The lowest BCUT2D eigenvalue weighted by molar-refractivity contribution is -0.143. The molecule has 96 heavy (non-hydrogen) atoms. The summed E-state index contributed by atoms with van der Waals surface area (Å²) in [6, 6.07) is 9.76. The molecule has 4 heterocycles.